The van der Waals surface area contributed by atoms with Crippen molar-refractivity contribution >= 4 is 27.3 Å². The van der Waals surface area contributed by atoms with Crippen molar-refractivity contribution in [3.8, 4) is 0 Å². The first-order chi connectivity index (χ1) is 9.76. The van der Waals surface area contributed by atoms with E-state index < -0.39 is 0 Å². The molecule has 0 amide bonds. The molecule has 1 heterocycles. The van der Waals surface area contributed by atoms with Crippen LogP contribution in [0.2, 0.25) is 0 Å². The first-order valence-corrected chi connectivity index (χ1v) is 9.35. The summed E-state index contributed by atoms with van der Waals surface area (Å²) < 4.78 is 6.38. The molecule has 0 spiro atoms. The zero-order valence-electron chi connectivity index (χ0n) is 12.4. The Morgan fingerprint density at radius 3 is 2.75 bits per heavy atom. The van der Waals surface area contributed by atoms with Gasteiger partial charge >= 0.3 is 0 Å². The smallest absolute Gasteiger partial charge is 0.0587 e. The van der Waals surface area contributed by atoms with Crippen LogP contribution in [0.15, 0.2) is 15.9 Å². The Labute approximate surface area is 135 Å². The zero-order valence-corrected chi connectivity index (χ0v) is 14.8. The lowest BCUT2D eigenvalue weighted by Crippen LogP contribution is -2.27. The summed E-state index contributed by atoms with van der Waals surface area (Å²) in [5, 5.41) is 5.70. The highest BCUT2D eigenvalue weighted by atomic mass is 79.9. The van der Waals surface area contributed by atoms with Gasteiger partial charge in [-0.05, 0) is 71.4 Å². The fourth-order valence-corrected chi connectivity index (χ4v) is 4.84. The third-order valence-corrected chi connectivity index (χ3v) is 6.54. The summed E-state index contributed by atoms with van der Waals surface area (Å²) in [5.41, 5.74) is 0.587. The SMILES string of the molecule is COCCNCCC1(CCc2sccc2Br)CCCC1. The number of hydrogen-bond donors (Lipinski definition) is 1. The lowest BCUT2D eigenvalue weighted by atomic mass is 9.78. The quantitative estimate of drug-likeness (QED) is 0.649. The molecule has 1 fully saturated rings. The number of ether oxygens (including phenoxy) is 1. The molecule has 1 aliphatic carbocycles. The van der Waals surface area contributed by atoms with Crippen molar-refractivity contribution in [3.05, 3.63) is 20.8 Å². The zero-order chi connectivity index (χ0) is 14.3. The van der Waals surface area contributed by atoms with Crippen molar-refractivity contribution in [2.24, 2.45) is 5.41 Å². The number of nitrogens with one attached hydrogen (secondary N) is 1. The maximum absolute atomic E-state index is 5.08. The van der Waals surface area contributed by atoms with E-state index in [4.69, 9.17) is 4.74 Å². The second-order valence-electron chi connectivity index (χ2n) is 5.89. The van der Waals surface area contributed by atoms with Crippen molar-refractivity contribution in [1.82, 2.24) is 5.32 Å². The average molecular weight is 360 g/mol. The van der Waals surface area contributed by atoms with Gasteiger partial charge in [0.2, 0.25) is 0 Å². The Kier molecular flexibility index (Phi) is 7.02. The largest absolute Gasteiger partial charge is 0.383 e. The van der Waals surface area contributed by atoms with Gasteiger partial charge in [0.1, 0.15) is 0 Å². The Morgan fingerprint density at radius 1 is 1.30 bits per heavy atom. The third kappa shape index (κ3) is 4.83. The molecule has 0 aliphatic heterocycles. The summed E-state index contributed by atoms with van der Waals surface area (Å²) in [4.78, 5) is 1.52. The van der Waals surface area contributed by atoms with E-state index >= 15 is 0 Å². The maximum atomic E-state index is 5.08. The molecule has 20 heavy (non-hydrogen) atoms. The minimum Gasteiger partial charge on any atom is -0.383 e. The van der Waals surface area contributed by atoms with Crippen LogP contribution in [-0.2, 0) is 11.2 Å². The van der Waals surface area contributed by atoms with Crippen LogP contribution in [0.3, 0.4) is 0 Å². The molecule has 114 valence electrons. The molecule has 2 rings (SSSR count). The van der Waals surface area contributed by atoms with Crippen molar-refractivity contribution in [2.75, 3.05) is 26.8 Å². The van der Waals surface area contributed by atoms with Crippen LogP contribution in [0.5, 0.6) is 0 Å². The summed E-state index contributed by atoms with van der Waals surface area (Å²) in [6, 6.07) is 2.17. The third-order valence-electron chi connectivity index (χ3n) is 4.55. The van der Waals surface area contributed by atoms with Gasteiger partial charge in [0, 0.05) is 23.0 Å². The highest BCUT2D eigenvalue weighted by Crippen LogP contribution is 2.45. The van der Waals surface area contributed by atoms with Crippen molar-refractivity contribution < 1.29 is 4.74 Å². The van der Waals surface area contributed by atoms with Gasteiger partial charge in [0.15, 0.2) is 0 Å². The molecule has 1 saturated carbocycles. The highest BCUT2D eigenvalue weighted by Gasteiger charge is 2.32. The van der Waals surface area contributed by atoms with Gasteiger partial charge in [0.25, 0.3) is 0 Å². The molecule has 1 aromatic rings. The minimum absolute atomic E-state index is 0.587. The molecule has 1 aromatic heterocycles. The second-order valence-corrected chi connectivity index (χ2v) is 7.75. The van der Waals surface area contributed by atoms with E-state index in [0.29, 0.717) is 5.41 Å². The molecule has 0 saturated heterocycles. The predicted octanol–water partition coefficient (Wildman–Crippen LogP) is 4.63. The van der Waals surface area contributed by atoms with E-state index in [1.54, 1.807) is 7.11 Å². The number of thiophene rings is 1. The Morgan fingerprint density at radius 2 is 2.10 bits per heavy atom. The molecule has 0 unspecified atom stereocenters. The van der Waals surface area contributed by atoms with Gasteiger partial charge in [-0.1, -0.05) is 12.8 Å². The first kappa shape index (κ1) is 16.5. The Bertz CT molecular complexity index is 388. The predicted molar refractivity (Wildman–Crippen MR) is 90.6 cm³/mol. The van der Waals surface area contributed by atoms with Crippen LogP contribution >= 0.6 is 27.3 Å². The van der Waals surface area contributed by atoms with Gasteiger partial charge in [-0.25, -0.2) is 0 Å². The van der Waals surface area contributed by atoms with Crippen LogP contribution in [-0.4, -0.2) is 26.8 Å². The number of rotatable bonds is 9. The van der Waals surface area contributed by atoms with E-state index in [9.17, 15) is 0 Å². The number of halogens is 1. The van der Waals surface area contributed by atoms with Crippen LogP contribution in [0.4, 0.5) is 0 Å². The normalized spacial score (nSPS) is 17.7. The van der Waals surface area contributed by atoms with E-state index in [0.717, 1.165) is 19.7 Å². The molecule has 2 nitrogen and oxygen atoms in total. The number of hydrogen-bond acceptors (Lipinski definition) is 3. The molecule has 1 N–H and O–H groups in total. The number of aryl methyl sites for hydroxylation is 1. The molecule has 0 bridgehead atoms. The van der Waals surface area contributed by atoms with E-state index in [2.05, 4.69) is 32.7 Å². The second kappa shape index (κ2) is 8.52. The van der Waals surface area contributed by atoms with Crippen LogP contribution in [0.25, 0.3) is 0 Å². The van der Waals surface area contributed by atoms with Gasteiger partial charge < -0.3 is 10.1 Å². The van der Waals surface area contributed by atoms with Gasteiger partial charge in [-0.2, -0.15) is 0 Å². The fourth-order valence-electron chi connectivity index (χ4n) is 3.28. The van der Waals surface area contributed by atoms with Gasteiger partial charge in [0.05, 0.1) is 6.61 Å². The van der Waals surface area contributed by atoms with Crippen molar-refractivity contribution in [1.29, 1.82) is 0 Å². The molecular weight excluding hydrogens is 334 g/mol. The number of methoxy groups -OCH3 is 1. The molecule has 1 aliphatic rings. The monoisotopic (exact) mass is 359 g/mol. The van der Waals surface area contributed by atoms with Crippen LogP contribution in [0, 0.1) is 5.41 Å². The lowest BCUT2D eigenvalue weighted by molar-refractivity contribution is 0.194. The summed E-state index contributed by atoms with van der Waals surface area (Å²) >= 11 is 5.55. The van der Waals surface area contributed by atoms with Gasteiger partial charge in [-0.15, -0.1) is 11.3 Å². The molecule has 0 radical (unpaired) electrons. The minimum atomic E-state index is 0.587. The van der Waals surface area contributed by atoms with E-state index in [-0.39, 0.29) is 0 Å². The summed E-state index contributed by atoms with van der Waals surface area (Å²) in [5.74, 6) is 0. The molecule has 0 atom stereocenters. The first-order valence-electron chi connectivity index (χ1n) is 7.67. The fraction of sp³-hybridized carbons (Fsp3) is 0.750. The standard InChI is InChI=1S/C16H26BrNOS/c1-19-12-11-18-10-9-16(6-2-3-7-16)8-4-15-14(17)5-13-20-15/h5,13,18H,2-4,6-12H2,1H3. The average Bonchev–Trinajstić information content (AvgIpc) is 3.06. The Hall–Kier alpha value is 0.100. The Balaban J connectivity index is 1.78. The van der Waals surface area contributed by atoms with Crippen LogP contribution in [0.1, 0.15) is 43.4 Å². The van der Waals surface area contributed by atoms with E-state index in [1.165, 1.54) is 54.3 Å². The summed E-state index contributed by atoms with van der Waals surface area (Å²) in [7, 11) is 1.76. The van der Waals surface area contributed by atoms with Crippen LogP contribution < -0.4 is 5.32 Å². The molecule has 0 aromatic carbocycles. The van der Waals surface area contributed by atoms with Crippen molar-refractivity contribution in [3.63, 3.8) is 0 Å². The van der Waals surface area contributed by atoms with E-state index in [1.807, 2.05) is 11.3 Å². The topological polar surface area (TPSA) is 21.3 Å². The summed E-state index contributed by atoms with van der Waals surface area (Å²) in [6.07, 6.45) is 9.57. The molecular formula is C16H26BrNOS. The maximum Gasteiger partial charge on any atom is 0.0587 e. The van der Waals surface area contributed by atoms with Crippen molar-refractivity contribution in [2.45, 2.75) is 44.9 Å². The lowest BCUT2D eigenvalue weighted by Gasteiger charge is -2.29. The highest BCUT2D eigenvalue weighted by molar-refractivity contribution is 9.10. The van der Waals surface area contributed by atoms with Gasteiger partial charge in [-0.3, -0.25) is 0 Å². The summed E-state index contributed by atoms with van der Waals surface area (Å²) in [6.45, 7) is 2.92. The molecule has 4 heteroatoms.